The number of fused-ring (bicyclic) bond motifs is 1. The molecule has 1 saturated heterocycles. The van der Waals surface area contributed by atoms with Gasteiger partial charge in [-0.25, -0.2) is 27.0 Å². The Morgan fingerprint density at radius 2 is 1.86 bits per heavy atom. The van der Waals surface area contributed by atoms with Gasteiger partial charge in [0.2, 0.25) is 0 Å². The predicted octanol–water partition coefficient (Wildman–Crippen LogP) is 4.81. The Balaban J connectivity index is 1.35. The lowest BCUT2D eigenvalue weighted by molar-refractivity contribution is -0.0549. The smallest absolute Gasteiger partial charge is 0.303 e. The molecular weight excluding hydrogens is 534 g/mol. The second kappa shape index (κ2) is 10.8. The van der Waals surface area contributed by atoms with Crippen LogP contribution in [0, 0.1) is 0 Å². The van der Waals surface area contributed by atoms with E-state index in [0.717, 1.165) is 11.3 Å². The third-order valence-electron chi connectivity index (χ3n) is 5.76. The van der Waals surface area contributed by atoms with Crippen LogP contribution in [0.2, 0.25) is 5.02 Å². The number of aromatic nitrogens is 1. The number of likely N-dealkylation sites (tertiary alicyclic amines) is 1. The van der Waals surface area contributed by atoms with Gasteiger partial charge in [0.1, 0.15) is 0 Å². The van der Waals surface area contributed by atoms with Crippen LogP contribution in [-0.4, -0.2) is 61.5 Å². The fourth-order valence-corrected chi connectivity index (χ4v) is 6.31. The normalized spacial score (nSPS) is 16.1. The van der Waals surface area contributed by atoms with E-state index in [2.05, 4.69) is 15.6 Å². The number of benzene rings is 2. The molecule has 36 heavy (non-hydrogen) atoms. The average Bonchev–Trinajstić information content (AvgIpc) is 3.21. The van der Waals surface area contributed by atoms with Gasteiger partial charge in [-0.15, -0.1) is 0 Å². The van der Waals surface area contributed by atoms with Crippen LogP contribution in [-0.2, 0) is 9.84 Å². The molecule has 0 aliphatic carbocycles. The molecule has 0 unspecified atom stereocenters. The molecule has 1 aliphatic heterocycles. The molecule has 2 aromatic carbocycles. The first-order valence-corrected chi connectivity index (χ1v) is 14.0. The Hall–Kier alpha value is -2.67. The minimum Gasteiger partial charge on any atom is -0.303 e. The molecule has 4 rings (SSSR count). The van der Waals surface area contributed by atoms with Crippen LogP contribution < -0.4 is 10.6 Å². The Labute approximate surface area is 215 Å². The van der Waals surface area contributed by atoms with Gasteiger partial charge in [0, 0.05) is 25.9 Å². The molecule has 0 atom stereocenters. The standard InChI is InChI=1S/C23H23ClF2N4O4S2/c24-17-5-2-1-4-16(17)20(31)28-21(32)29-22-27-18-7-6-15(14-19(18)35-22)36(33,34)13-3-10-30-11-8-23(25,26)9-12-30/h1-2,4-7,14H,3,8-13H2,(H2,27,28,29,31,32). The molecule has 8 nitrogen and oxygen atoms in total. The first-order valence-electron chi connectivity index (χ1n) is 11.1. The van der Waals surface area contributed by atoms with E-state index in [1.807, 2.05) is 4.90 Å². The number of anilines is 1. The van der Waals surface area contributed by atoms with Crippen LogP contribution in [0.3, 0.4) is 0 Å². The quantitative estimate of drug-likeness (QED) is 0.432. The molecular formula is C23H23ClF2N4O4S2. The lowest BCUT2D eigenvalue weighted by Gasteiger charge is -2.31. The number of nitrogens with one attached hydrogen (secondary N) is 2. The summed E-state index contributed by atoms with van der Waals surface area (Å²) in [5, 5.41) is 5.03. The fraction of sp³-hybridized carbons (Fsp3) is 0.348. The van der Waals surface area contributed by atoms with Gasteiger partial charge in [0.05, 0.1) is 31.5 Å². The third-order valence-corrected chi connectivity index (χ3v) is 8.82. The molecule has 0 spiro atoms. The summed E-state index contributed by atoms with van der Waals surface area (Å²) in [6.07, 6.45) is -0.0736. The van der Waals surface area contributed by atoms with E-state index < -0.39 is 27.7 Å². The second-order valence-electron chi connectivity index (χ2n) is 8.41. The summed E-state index contributed by atoms with van der Waals surface area (Å²) in [6, 6.07) is 9.97. The number of thiazole rings is 1. The summed E-state index contributed by atoms with van der Waals surface area (Å²) in [5.41, 5.74) is 0.632. The van der Waals surface area contributed by atoms with E-state index in [-0.39, 0.29) is 52.3 Å². The Bertz CT molecular complexity index is 1390. The van der Waals surface area contributed by atoms with Crippen LogP contribution in [0.15, 0.2) is 47.4 Å². The largest absolute Gasteiger partial charge is 0.327 e. The summed E-state index contributed by atoms with van der Waals surface area (Å²) >= 11 is 7.03. The molecule has 1 aromatic heterocycles. The number of amides is 3. The molecule has 192 valence electrons. The van der Waals surface area contributed by atoms with Gasteiger partial charge in [-0.2, -0.15) is 0 Å². The van der Waals surface area contributed by atoms with Crippen LogP contribution in [0.5, 0.6) is 0 Å². The topological polar surface area (TPSA) is 108 Å². The predicted molar refractivity (Wildman–Crippen MR) is 135 cm³/mol. The van der Waals surface area contributed by atoms with Crippen molar-refractivity contribution in [1.29, 1.82) is 0 Å². The van der Waals surface area contributed by atoms with Crippen molar-refractivity contribution < 1.29 is 26.8 Å². The summed E-state index contributed by atoms with van der Waals surface area (Å²) in [7, 11) is -3.59. The number of nitrogens with zero attached hydrogens (tertiary/aromatic N) is 2. The Kier molecular flexibility index (Phi) is 7.88. The van der Waals surface area contributed by atoms with E-state index in [1.54, 1.807) is 18.2 Å². The molecule has 1 aliphatic rings. The van der Waals surface area contributed by atoms with Gasteiger partial charge >= 0.3 is 6.03 Å². The maximum absolute atomic E-state index is 13.3. The van der Waals surface area contributed by atoms with Crippen molar-refractivity contribution in [3.05, 3.63) is 53.1 Å². The maximum Gasteiger partial charge on any atom is 0.327 e. The molecule has 2 heterocycles. The number of hydrogen-bond acceptors (Lipinski definition) is 7. The first-order chi connectivity index (χ1) is 17.0. The number of sulfone groups is 1. The lowest BCUT2D eigenvalue weighted by atomic mass is 10.1. The van der Waals surface area contributed by atoms with Crippen molar-refractivity contribution in [2.75, 3.05) is 30.7 Å². The highest BCUT2D eigenvalue weighted by atomic mass is 35.5. The van der Waals surface area contributed by atoms with E-state index in [0.29, 0.717) is 23.2 Å². The van der Waals surface area contributed by atoms with Crippen LogP contribution in [0.4, 0.5) is 18.7 Å². The molecule has 0 saturated carbocycles. The molecule has 13 heteroatoms. The van der Waals surface area contributed by atoms with Gasteiger partial charge in [-0.1, -0.05) is 35.1 Å². The zero-order valence-electron chi connectivity index (χ0n) is 19.0. The summed E-state index contributed by atoms with van der Waals surface area (Å²) in [6.45, 7) is 0.953. The number of piperidine rings is 1. The van der Waals surface area contributed by atoms with Gasteiger partial charge in [-0.3, -0.25) is 15.4 Å². The van der Waals surface area contributed by atoms with E-state index in [9.17, 15) is 26.8 Å². The number of halogens is 3. The molecule has 2 N–H and O–H groups in total. The van der Waals surface area contributed by atoms with Crippen LogP contribution in [0.25, 0.3) is 10.2 Å². The van der Waals surface area contributed by atoms with E-state index >= 15 is 0 Å². The van der Waals surface area contributed by atoms with E-state index in [1.165, 1.54) is 24.3 Å². The number of urea groups is 1. The third kappa shape index (κ3) is 6.55. The highest BCUT2D eigenvalue weighted by Gasteiger charge is 2.33. The summed E-state index contributed by atoms with van der Waals surface area (Å²) < 4.78 is 52.7. The zero-order chi connectivity index (χ0) is 25.9. The number of imide groups is 1. The number of carbonyl (C=O) groups excluding carboxylic acids is 2. The number of alkyl halides is 2. The second-order valence-corrected chi connectivity index (χ2v) is 12.0. The molecule has 3 aromatic rings. The fourth-order valence-electron chi connectivity index (χ4n) is 3.80. The van der Waals surface area contributed by atoms with E-state index in [4.69, 9.17) is 11.6 Å². The van der Waals surface area contributed by atoms with Gasteiger partial charge in [0.25, 0.3) is 11.8 Å². The molecule has 0 bridgehead atoms. The van der Waals surface area contributed by atoms with Crippen molar-refractivity contribution in [2.45, 2.75) is 30.1 Å². The minimum atomic E-state index is -3.59. The minimum absolute atomic E-state index is 0.109. The van der Waals surface area contributed by atoms with Crippen molar-refractivity contribution in [3.63, 3.8) is 0 Å². The number of hydrogen-bond donors (Lipinski definition) is 2. The number of rotatable bonds is 7. The molecule has 3 amide bonds. The highest BCUT2D eigenvalue weighted by molar-refractivity contribution is 7.91. The van der Waals surface area contributed by atoms with Gasteiger partial charge < -0.3 is 4.90 Å². The Morgan fingerprint density at radius 1 is 1.14 bits per heavy atom. The summed E-state index contributed by atoms with van der Waals surface area (Å²) in [5.74, 6) is -3.42. The molecule has 1 fully saturated rings. The van der Waals surface area contributed by atoms with Crippen LogP contribution >= 0.6 is 22.9 Å². The van der Waals surface area contributed by atoms with Crippen LogP contribution in [0.1, 0.15) is 29.6 Å². The monoisotopic (exact) mass is 556 g/mol. The SMILES string of the molecule is O=C(NC(=O)c1ccccc1Cl)Nc1nc2ccc(S(=O)(=O)CCCN3CCC(F)(F)CC3)cc2s1. The first kappa shape index (κ1) is 26.4. The van der Waals surface area contributed by atoms with Crippen molar-refractivity contribution in [2.24, 2.45) is 0 Å². The molecule has 0 radical (unpaired) electrons. The maximum atomic E-state index is 13.3. The van der Waals surface area contributed by atoms with Gasteiger partial charge in [0.15, 0.2) is 15.0 Å². The number of carbonyl (C=O) groups is 2. The average molecular weight is 557 g/mol. The van der Waals surface area contributed by atoms with Crippen molar-refractivity contribution in [1.82, 2.24) is 15.2 Å². The highest BCUT2D eigenvalue weighted by Crippen LogP contribution is 2.30. The zero-order valence-corrected chi connectivity index (χ0v) is 21.4. The summed E-state index contributed by atoms with van der Waals surface area (Å²) in [4.78, 5) is 30.7. The Morgan fingerprint density at radius 3 is 2.58 bits per heavy atom. The van der Waals surface area contributed by atoms with Crippen molar-refractivity contribution in [3.8, 4) is 0 Å². The van der Waals surface area contributed by atoms with Crippen molar-refractivity contribution >= 4 is 60.1 Å². The lowest BCUT2D eigenvalue weighted by Crippen LogP contribution is -2.40. The van der Waals surface area contributed by atoms with Gasteiger partial charge in [-0.05, 0) is 43.3 Å².